The number of hydrogen-bond donors (Lipinski definition) is 1. The fourth-order valence-electron chi connectivity index (χ4n) is 3.79. The lowest BCUT2D eigenvalue weighted by molar-refractivity contribution is 0.0981. The average Bonchev–Trinajstić information content (AvgIpc) is 3.12. The molecule has 136 valence electrons. The van der Waals surface area contributed by atoms with E-state index < -0.39 is 9.84 Å². The number of para-hydroxylation sites is 1. The fraction of sp³-hybridized carbons (Fsp3) is 0.368. The van der Waals surface area contributed by atoms with Gasteiger partial charge in [0, 0.05) is 30.2 Å². The number of nitrogens with zero attached hydrogens (tertiary/aromatic N) is 2. The first-order chi connectivity index (χ1) is 12.4. The Morgan fingerprint density at radius 2 is 2.08 bits per heavy atom. The molecular formula is C19H21N3O3S. The Morgan fingerprint density at radius 1 is 1.27 bits per heavy atom. The number of aromatic nitrogens is 1. The van der Waals surface area contributed by atoms with Crippen LogP contribution in [0.2, 0.25) is 0 Å². The first kappa shape index (κ1) is 17.0. The second kappa shape index (κ2) is 6.39. The van der Waals surface area contributed by atoms with Gasteiger partial charge in [0.25, 0.3) is 5.91 Å². The van der Waals surface area contributed by atoms with Crippen LogP contribution in [0.5, 0.6) is 0 Å². The van der Waals surface area contributed by atoms with Crippen LogP contribution in [0.25, 0.3) is 0 Å². The molecule has 4 rings (SSSR count). The van der Waals surface area contributed by atoms with Gasteiger partial charge in [-0.25, -0.2) is 8.42 Å². The first-order valence-corrected chi connectivity index (χ1v) is 10.6. The summed E-state index contributed by atoms with van der Waals surface area (Å²) in [6.07, 6.45) is 4.61. The van der Waals surface area contributed by atoms with Crippen molar-refractivity contribution in [1.82, 2.24) is 4.98 Å². The van der Waals surface area contributed by atoms with Gasteiger partial charge in [0.1, 0.15) is 0 Å². The van der Waals surface area contributed by atoms with Gasteiger partial charge in [0.15, 0.2) is 9.84 Å². The summed E-state index contributed by atoms with van der Waals surface area (Å²) in [5.74, 6) is 0.248. The number of anilines is 2. The third-order valence-electron chi connectivity index (χ3n) is 5.01. The minimum absolute atomic E-state index is 0.0855. The zero-order valence-electron chi connectivity index (χ0n) is 14.6. The Labute approximate surface area is 153 Å². The number of carbonyl (C=O) groups is 1. The second-order valence-corrected chi connectivity index (χ2v) is 9.29. The van der Waals surface area contributed by atoms with Crippen LogP contribution in [-0.4, -0.2) is 42.9 Å². The van der Waals surface area contributed by atoms with Crippen LogP contribution >= 0.6 is 0 Å². The van der Waals surface area contributed by atoms with Gasteiger partial charge < -0.3 is 10.2 Å². The fourth-order valence-corrected chi connectivity index (χ4v) is 5.47. The third kappa shape index (κ3) is 3.19. The minimum atomic E-state index is -2.95. The predicted octanol–water partition coefficient (Wildman–Crippen LogP) is 2.27. The molecular weight excluding hydrogens is 350 g/mol. The standard InChI is InChI=1S/C19H21N3O3S/c1-13-8-14-4-2-3-5-18(14)22(13)19(23)15-9-17(11-20-10-15)21-16-6-7-26(24,25)12-16/h2-5,9-11,13,16,21H,6-8,12H2,1H3. The normalized spacial score (nSPS) is 23.7. The van der Waals surface area contributed by atoms with Gasteiger partial charge in [-0.2, -0.15) is 0 Å². The van der Waals surface area contributed by atoms with Crippen molar-refractivity contribution in [3.05, 3.63) is 53.9 Å². The van der Waals surface area contributed by atoms with Crippen molar-refractivity contribution in [2.45, 2.75) is 31.8 Å². The van der Waals surface area contributed by atoms with Gasteiger partial charge >= 0.3 is 0 Å². The Hall–Kier alpha value is -2.41. The Bertz CT molecular complexity index is 958. The van der Waals surface area contributed by atoms with Crippen molar-refractivity contribution < 1.29 is 13.2 Å². The maximum Gasteiger partial charge on any atom is 0.260 e. The molecule has 2 aromatic rings. The molecule has 0 spiro atoms. The van der Waals surface area contributed by atoms with E-state index in [1.54, 1.807) is 18.5 Å². The van der Waals surface area contributed by atoms with Gasteiger partial charge in [-0.1, -0.05) is 18.2 Å². The number of pyridine rings is 1. The molecule has 3 heterocycles. The molecule has 0 aliphatic carbocycles. The van der Waals surface area contributed by atoms with E-state index in [9.17, 15) is 13.2 Å². The quantitative estimate of drug-likeness (QED) is 0.895. The number of nitrogens with one attached hydrogen (secondary N) is 1. The van der Waals surface area contributed by atoms with Gasteiger partial charge in [-0.15, -0.1) is 0 Å². The van der Waals surface area contributed by atoms with Crippen molar-refractivity contribution in [3.8, 4) is 0 Å². The lowest BCUT2D eigenvalue weighted by atomic mass is 10.1. The number of benzene rings is 1. The molecule has 0 saturated carbocycles. The molecule has 6 nitrogen and oxygen atoms in total. The van der Waals surface area contributed by atoms with Crippen LogP contribution in [0, 0.1) is 0 Å². The smallest absolute Gasteiger partial charge is 0.260 e. The SMILES string of the molecule is CC1Cc2ccccc2N1C(=O)c1cncc(NC2CCS(=O)(=O)C2)c1. The Balaban J connectivity index is 1.56. The molecule has 0 radical (unpaired) electrons. The second-order valence-electron chi connectivity index (χ2n) is 7.06. The topological polar surface area (TPSA) is 79.4 Å². The van der Waals surface area contributed by atoms with E-state index in [1.807, 2.05) is 30.0 Å². The maximum atomic E-state index is 13.1. The third-order valence-corrected chi connectivity index (χ3v) is 6.78. The summed E-state index contributed by atoms with van der Waals surface area (Å²) in [5.41, 5.74) is 3.30. The van der Waals surface area contributed by atoms with Crippen LogP contribution in [0.3, 0.4) is 0 Å². The lowest BCUT2D eigenvalue weighted by Gasteiger charge is -2.23. The molecule has 2 aliphatic rings. The van der Waals surface area contributed by atoms with Crippen LogP contribution in [-0.2, 0) is 16.3 Å². The molecule has 2 atom stereocenters. The zero-order chi connectivity index (χ0) is 18.3. The average molecular weight is 371 g/mol. The monoisotopic (exact) mass is 371 g/mol. The van der Waals surface area contributed by atoms with Crippen molar-refractivity contribution in [3.63, 3.8) is 0 Å². The summed E-state index contributed by atoms with van der Waals surface area (Å²) in [5, 5.41) is 3.20. The van der Waals surface area contributed by atoms with E-state index in [0.29, 0.717) is 17.7 Å². The molecule has 1 amide bonds. The number of amides is 1. The van der Waals surface area contributed by atoms with E-state index in [4.69, 9.17) is 0 Å². The van der Waals surface area contributed by atoms with Crippen LogP contribution in [0.1, 0.15) is 29.3 Å². The van der Waals surface area contributed by atoms with Gasteiger partial charge in [-0.3, -0.25) is 9.78 Å². The van der Waals surface area contributed by atoms with E-state index >= 15 is 0 Å². The predicted molar refractivity (Wildman–Crippen MR) is 101 cm³/mol. The highest BCUT2D eigenvalue weighted by molar-refractivity contribution is 7.91. The zero-order valence-corrected chi connectivity index (χ0v) is 15.4. The minimum Gasteiger partial charge on any atom is -0.380 e. The summed E-state index contributed by atoms with van der Waals surface area (Å²) >= 11 is 0. The van der Waals surface area contributed by atoms with E-state index in [-0.39, 0.29) is 29.5 Å². The number of sulfone groups is 1. The summed E-state index contributed by atoms with van der Waals surface area (Å²) < 4.78 is 23.2. The van der Waals surface area contributed by atoms with Crippen molar-refractivity contribution in [2.75, 3.05) is 21.7 Å². The molecule has 1 fully saturated rings. The van der Waals surface area contributed by atoms with Gasteiger partial charge in [0.05, 0.1) is 22.8 Å². The Morgan fingerprint density at radius 3 is 2.85 bits per heavy atom. The molecule has 1 N–H and O–H groups in total. The molecule has 1 aromatic carbocycles. The number of carbonyl (C=O) groups excluding carboxylic acids is 1. The summed E-state index contributed by atoms with van der Waals surface area (Å²) in [6, 6.07) is 9.67. The molecule has 26 heavy (non-hydrogen) atoms. The van der Waals surface area contributed by atoms with Crippen LogP contribution < -0.4 is 10.2 Å². The summed E-state index contributed by atoms with van der Waals surface area (Å²) in [6.45, 7) is 2.04. The molecule has 1 aromatic heterocycles. The van der Waals surface area contributed by atoms with Crippen LogP contribution in [0.4, 0.5) is 11.4 Å². The highest BCUT2D eigenvalue weighted by Gasteiger charge is 2.32. The first-order valence-electron chi connectivity index (χ1n) is 8.76. The molecule has 2 aliphatic heterocycles. The van der Waals surface area contributed by atoms with E-state index in [1.165, 1.54) is 5.56 Å². The number of rotatable bonds is 3. The molecule has 2 unspecified atom stereocenters. The van der Waals surface area contributed by atoms with Crippen molar-refractivity contribution in [2.24, 2.45) is 0 Å². The molecule has 7 heteroatoms. The van der Waals surface area contributed by atoms with Crippen molar-refractivity contribution >= 4 is 27.1 Å². The van der Waals surface area contributed by atoms with Crippen LogP contribution in [0.15, 0.2) is 42.7 Å². The molecule has 0 bridgehead atoms. The highest BCUT2D eigenvalue weighted by atomic mass is 32.2. The highest BCUT2D eigenvalue weighted by Crippen LogP contribution is 2.33. The molecule has 1 saturated heterocycles. The maximum absolute atomic E-state index is 13.1. The van der Waals surface area contributed by atoms with E-state index in [2.05, 4.69) is 16.4 Å². The number of hydrogen-bond acceptors (Lipinski definition) is 5. The van der Waals surface area contributed by atoms with Crippen molar-refractivity contribution in [1.29, 1.82) is 0 Å². The van der Waals surface area contributed by atoms with Gasteiger partial charge in [-0.05, 0) is 37.5 Å². The summed E-state index contributed by atoms with van der Waals surface area (Å²) in [4.78, 5) is 19.1. The van der Waals surface area contributed by atoms with Gasteiger partial charge in [0.2, 0.25) is 0 Å². The summed E-state index contributed by atoms with van der Waals surface area (Å²) in [7, 11) is -2.95. The van der Waals surface area contributed by atoms with E-state index in [0.717, 1.165) is 12.1 Å². The Kier molecular flexibility index (Phi) is 4.19. The lowest BCUT2D eigenvalue weighted by Crippen LogP contribution is -2.35. The largest absolute Gasteiger partial charge is 0.380 e. The number of fused-ring (bicyclic) bond motifs is 1.